The van der Waals surface area contributed by atoms with Crippen molar-refractivity contribution in [1.82, 2.24) is 10.3 Å². The fourth-order valence-electron chi connectivity index (χ4n) is 3.50. The fourth-order valence-corrected chi connectivity index (χ4v) is 4.66. The Balaban J connectivity index is 1.89. The Morgan fingerprint density at radius 1 is 1.07 bits per heavy atom. The van der Waals surface area contributed by atoms with Crippen LogP contribution in [0.3, 0.4) is 0 Å². The molecule has 0 bridgehead atoms. The molecule has 0 radical (unpaired) electrons. The van der Waals surface area contributed by atoms with Gasteiger partial charge in [-0.15, -0.1) is 11.3 Å². The van der Waals surface area contributed by atoms with E-state index in [1.165, 1.54) is 25.2 Å². The van der Waals surface area contributed by atoms with Gasteiger partial charge in [-0.2, -0.15) is 0 Å². The molecular weight excluding hydrogens is 382 g/mol. The monoisotopic (exact) mass is 402 g/mol. The van der Waals surface area contributed by atoms with Crippen molar-refractivity contribution in [2.75, 3.05) is 20.8 Å². The predicted molar refractivity (Wildman–Crippen MR) is 106 cm³/mol. The Labute approximate surface area is 166 Å². The lowest BCUT2D eigenvalue weighted by Gasteiger charge is -2.15. The molecule has 2 heterocycles. The van der Waals surface area contributed by atoms with Gasteiger partial charge in [0.05, 0.1) is 25.5 Å². The number of nitrogens with one attached hydrogen (secondary N) is 1. The van der Waals surface area contributed by atoms with Crippen LogP contribution in [-0.4, -0.2) is 25.7 Å². The van der Waals surface area contributed by atoms with Crippen molar-refractivity contribution in [1.29, 1.82) is 0 Å². The zero-order valence-electron chi connectivity index (χ0n) is 15.9. The van der Waals surface area contributed by atoms with Crippen molar-refractivity contribution in [3.63, 3.8) is 0 Å². The molecule has 1 N–H and O–H groups in total. The summed E-state index contributed by atoms with van der Waals surface area (Å²) >= 11 is 1.62. The summed E-state index contributed by atoms with van der Waals surface area (Å²) in [4.78, 5) is 5.98. The lowest BCUT2D eigenvalue weighted by atomic mass is 9.95. The third-order valence-electron chi connectivity index (χ3n) is 5.01. The number of halogens is 2. The number of benzene rings is 2. The molecule has 146 valence electrons. The standard InChI is InChI=1S/C21H20F2N2O2S/c1-11-12(18-19(22)15(26-2)9-16(27-3)20(18)23)5-4-6-13(11)21-25-14-7-8-24-10-17(14)28-21/h4-6,9,24H,7-8,10H2,1-3H3. The maximum absolute atomic E-state index is 15.0. The molecule has 4 nitrogen and oxygen atoms in total. The van der Waals surface area contributed by atoms with Gasteiger partial charge >= 0.3 is 0 Å². The summed E-state index contributed by atoms with van der Waals surface area (Å²) in [5.74, 6) is -1.62. The number of rotatable bonds is 4. The molecule has 28 heavy (non-hydrogen) atoms. The minimum Gasteiger partial charge on any atom is -0.494 e. The van der Waals surface area contributed by atoms with E-state index in [0.29, 0.717) is 5.56 Å². The molecule has 0 saturated carbocycles. The van der Waals surface area contributed by atoms with Crippen molar-refractivity contribution in [3.05, 3.63) is 52.0 Å². The summed E-state index contributed by atoms with van der Waals surface area (Å²) in [6.45, 7) is 3.57. The zero-order valence-corrected chi connectivity index (χ0v) is 16.7. The van der Waals surface area contributed by atoms with Crippen molar-refractivity contribution in [2.24, 2.45) is 0 Å². The number of hydrogen-bond acceptors (Lipinski definition) is 5. The first-order valence-corrected chi connectivity index (χ1v) is 9.76. The molecule has 0 spiro atoms. The van der Waals surface area contributed by atoms with Crippen LogP contribution < -0.4 is 14.8 Å². The van der Waals surface area contributed by atoms with Crippen LogP contribution in [0.25, 0.3) is 21.7 Å². The highest BCUT2D eigenvalue weighted by molar-refractivity contribution is 7.15. The summed E-state index contributed by atoms with van der Waals surface area (Å²) in [5, 5.41) is 4.21. The molecule has 0 atom stereocenters. The average molecular weight is 402 g/mol. The number of fused-ring (bicyclic) bond motifs is 1. The Bertz CT molecular complexity index is 998. The first-order valence-electron chi connectivity index (χ1n) is 8.94. The fraction of sp³-hybridized carbons (Fsp3) is 0.286. The van der Waals surface area contributed by atoms with E-state index in [1.54, 1.807) is 23.5 Å². The summed E-state index contributed by atoms with van der Waals surface area (Å²) < 4.78 is 40.1. The van der Waals surface area contributed by atoms with Crippen molar-refractivity contribution >= 4 is 11.3 Å². The maximum atomic E-state index is 15.0. The molecule has 7 heteroatoms. The number of thiazole rings is 1. The van der Waals surface area contributed by atoms with Crippen LogP contribution in [0.5, 0.6) is 11.5 Å². The van der Waals surface area contributed by atoms with E-state index < -0.39 is 11.6 Å². The average Bonchev–Trinajstić information content (AvgIpc) is 3.13. The second-order valence-corrected chi connectivity index (χ2v) is 7.66. The first kappa shape index (κ1) is 18.8. The molecule has 1 aromatic heterocycles. The third kappa shape index (κ3) is 3.04. The minimum absolute atomic E-state index is 0.0613. The second-order valence-electron chi connectivity index (χ2n) is 6.58. The molecule has 1 aliphatic heterocycles. The minimum atomic E-state index is -0.747. The Hall–Kier alpha value is -2.51. The summed E-state index contributed by atoms with van der Waals surface area (Å²) in [7, 11) is 2.69. The van der Waals surface area contributed by atoms with Gasteiger partial charge in [0.1, 0.15) is 5.01 Å². The van der Waals surface area contributed by atoms with Gasteiger partial charge < -0.3 is 14.8 Å². The molecule has 0 unspecified atom stereocenters. The van der Waals surface area contributed by atoms with Gasteiger partial charge in [0.25, 0.3) is 0 Å². The highest BCUT2D eigenvalue weighted by Gasteiger charge is 2.24. The Morgan fingerprint density at radius 2 is 1.75 bits per heavy atom. The molecule has 0 aliphatic carbocycles. The van der Waals surface area contributed by atoms with Crippen molar-refractivity contribution < 1.29 is 18.3 Å². The molecule has 0 saturated heterocycles. The van der Waals surface area contributed by atoms with E-state index in [9.17, 15) is 8.78 Å². The van der Waals surface area contributed by atoms with Gasteiger partial charge in [0, 0.05) is 36.0 Å². The van der Waals surface area contributed by atoms with Gasteiger partial charge in [-0.25, -0.2) is 13.8 Å². The van der Waals surface area contributed by atoms with E-state index in [1.807, 2.05) is 13.0 Å². The topological polar surface area (TPSA) is 43.4 Å². The third-order valence-corrected chi connectivity index (χ3v) is 6.14. The molecule has 0 fully saturated rings. The van der Waals surface area contributed by atoms with E-state index in [2.05, 4.69) is 5.32 Å². The largest absolute Gasteiger partial charge is 0.494 e. The van der Waals surface area contributed by atoms with Crippen LogP contribution >= 0.6 is 11.3 Å². The zero-order chi connectivity index (χ0) is 19.8. The second kappa shape index (κ2) is 7.48. The van der Waals surface area contributed by atoms with Crippen LogP contribution in [0.1, 0.15) is 16.1 Å². The Kier molecular flexibility index (Phi) is 5.03. The molecule has 3 aromatic rings. The molecule has 4 rings (SSSR count). The molecular formula is C21H20F2N2O2S. The van der Waals surface area contributed by atoms with Crippen molar-refractivity contribution in [3.8, 4) is 33.2 Å². The first-order chi connectivity index (χ1) is 13.5. The highest BCUT2D eigenvalue weighted by Crippen LogP contribution is 2.41. The lowest BCUT2D eigenvalue weighted by molar-refractivity contribution is 0.360. The van der Waals surface area contributed by atoms with Crippen LogP contribution in [-0.2, 0) is 13.0 Å². The predicted octanol–water partition coefficient (Wildman–Crippen LogP) is 4.73. The van der Waals surface area contributed by atoms with Crippen LogP contribution in [0.15, 0.2) is 24.3 Å². The van der Waals surface area contributed by atoms with Crippen LogP contribution in [0, 0.1) is 18.6 Å². The lowest BCUT2D eigenvalue weighted by Crippen LogP contribution is -2.22. The maximum Gasteiger partial charge on any atom is 0.176 e. The van der Waals surface area contributed by atoms with E-state index in [0.717, 1.165) is 41.3 Å². The van der Waals surface area contributed by atoms with Crippen LogP contribution in [0.4, 0.5) is 8.78 Å². The van der Waals surface area contributed by atoms with Crippen molar-refractivity contribution in [2.45, 2.75) is 19.9 Å². The van der Waals surface area contributed by atoms with Gasteiger partial charge in [-0.3, -0.25) is 0 Å². The molecule has 1 aliphatic rings. The SMILES string of the molecule is COc1cc(OC)c(F)c(-c2cccc(-c3nc4c(s3)CNCC4)c2C)c1F. The summed E-state index contributed by atoms with van der Waals surface area (Å²) in [6, 6.07) is 6.65. The van der Waals surface area contributed by atoms with Crippen LogP contribution in [0.2, 0.25) is 0 Å². The summed E-state index contributed by atoms with van der Waals surface area (Å²) in [5.41, 5.74) is 3.03. The number of hydrogen-bond donors (Lipinski definition) is 1. The van der Waals surface area contributed by atoms with Gasteiger partial charge in [0.15, 0.2) is 23.1 Å². The van der Waals surface area contributed by atoms with Gasteiger partial charge in [-0.05, 0) is 18.1 Å². The van der Waals surface area contributed by atoms with Gasteiger partial charge in [-0.1, -0.05) is 18.2 Å². The van der Waals surface area contributed by atoms with E-state index >= 15 is 0 Å². The Morgan fingerprint density at radius 3 is 2.39 bits per heavy atom. The van der Waals surface area contributed by atoms with E-state index in [4.69, 9.17) is 14.5 Å². The number of aromatic nitrogens is 1. The molecule has 0 amide bonds. The van der Waals surface area contributed by atoms with Gasteiger partial charge in [0.2, 0.25) is 0 Å². The molecule has 2 aromatic carbocycles. The number of ether oxygens (including phenoxy) is 2. The van der Waals surface area contributed by atoms with E-state index in [-0.39, 0.29) is 17.1 Å². The smallest absolute Gasteiger partial charge is 0.176 e. The summed E-state index contributed by atoms with van der Waals surface area (Å²) in [6.07, 6.45) is 0.890. The number of nitrogens with zero attached hydrogens (tertiary/aromatic N) is 1. The quantitative estimate of drug-likeness (QED) is 0.685. The number of methoxy groups -OCH3 is 2. The highest BCUT2D eigenvalue weighted by atomic mass is 32.1. The normalized spacial score (nSPS) is 13.3.